The molecule has 0 unspecified atom stereocenters. The third-order valence-corrected chi connectivity index (χ3v) is 3.09. The molecule has 0 spiro atoms. The van der Waals surface area contributed by atoms with Gasteiger partial charge in [-0.3, -0.25) is 0 Å². The molecule has 1 N–H and O–H groups in total. The fourth-order valence-electron chi connectivity index (χ4n) is 1.36. The van der Waals surface area contributed by atoms with Crippen LogP contribution in [0.3, 0.4) is 0 Å². The monoisotopic (exact) mass is 284 g/mol. The predicted molar refractivity (Wildman–Crippen MR) is 72.1 cm³/mol. The van der Waals surface area contributed by atoms with Crippen LogP contribution in [-0.2, 0) is 6.54 Å². The predicted octanol–water partition coefficient (Wildman–Crippen LogP) is 3.07. The lowest BCUT2D eigenvalue weighted by Gasteiger charge is -2.04. The number of nitrogens with one attached hydrogen (secondary N) is 1. The second-order valence-corrected chi connectivity index (χ2v) is 4.83. The van der Waals surface area contributed by atoms with Gasteiger partial charge in [-0.1, -0.05) is 23.4 Å². The number of halogens is 1. The van der Waals surface area contributed by atoms with Crippen LogP contribution in [0.25, 0.3) is 0 Å². The minimum atomic E-state index is 0.414. The lowest BCUT2D eigenvalue weighted by molar-refractivity contribution is 0.478. The number of oxazole rings is 1. The van der Waals surface area contributed by atoms with Gasteiger partial charge in [0.1, 0.15) is 16.7 Å². The molecule has 0 amide bonds. The zero-order valence-electron chi connectivity index (χ0n) is 10.3. The molecule has 0 aromatic carbocycles. The molecule has 2 aromatic rings. The van der Waals surface area contributed by atoms with E-state index in [9.17, 15) is 0 Å². The third-order valence-electron chi connectivity index (χ3n) is 2.35. The van der Waals surface area contributed by atoms with Crippen LogP contribution in [-0.4, -0.2) is 21.2 Å². The van der Waals surface area contributed by atoms with Gasteiger partial charge in [0.05, 0.1) is 12.2 Å². The molecule has 0 radical (unpaired) electrons. The first-order valence-electron chi connectivity index (χ1n) is 5.34. The Morgan fingerprint density at radius 1 is 1.33 bits per heavy atom. The highest BCUT2D eigenvalue weighted by molar-refractivity contribution is 7.98. The van der Waals surface area contributed by atoms with E-state index in [1.54, 1.807) is 6.07 Å². The summed E-state index contributed by atoms with van der Waals surface area (Å²) in [6.07, 6.45) is 1.90. The molecule has 0 fully saturated rings. The Morgan fingerprint density at radius 2 is 2.11 bits per heavy atom. The fourth-order valence-corrected chi connectivity index (χ4v) is 1.97. The van der Waals surface area contributed by atoms with Crippen molar-refractivity contribution in [2.24, 2.45) is 0 Å². The van der Waals surface area contributed by atoms with Gasteiger partial charge in [0.15, 0.2) is 5.16 Å². The molecule has 0 saturated heterocycles. The van der Waals surface area contributed by atoms with Crippen molar-refractivity contribution in [3.05, 3.63) is 28.6 Å². The van der Waals surface area contributed by atoms with Crippen molar-refractivity contribution in [1.29, 1.82) is 0 Å². The number of aryl methyl sites for hydroxylation is 2. The second kappa shape index (κ2) is 5.58. The van der Waals surface area contributed by atoms with Gasteiger partial charge in [0.25, 0.3) is 0 Å². The average Bonchev–Trinajstić information content (AvgIpc) is 2.65. The van der Waals surface area contributed by atoms with Crippen molar-refractivity contribution < 1.29 is 4.42 Å². The molecule has 2 heterocycles. The van der Waals surface area contributed by atoms with Gasteiger partial charge in [-0.15, -0.1) is 0 Å². The van der Waals surface area contributed by atoms with Gasteiger partial charge >= 0.3 is 0 Å². The summed E-state index contributed by atoms with van der Waals surface area (Å²) < 4.78 is 5.47. The molecular formula is C11H13ClN4OS. The Hall–Kier alpha value is -1.27. The number of anilines is 1. The van der Waals surface area contributed by atoms with Gasteiger partial charge in [0, 0.05) is 6.07 Å². The normalized spacial score (nSPS) is 10.7. The van der Waals surface area contributed by atoms with Crippen molar-refractivity contribution in [3.8, 4) is 0 Å². The molecule has 18 heavy (non-hydrogen) atoms. The number of hydrogen-bond donors (Lipinski definition) is 1. The number of rotatable bonds is 4. The van der Waals surface area contributed by atoms with Crippen molar-refractivity contribution >= 4 is 29.2 Å². The molecule has 0 aliphatic rings. The molecule has 0 atom stereocenters. The highest BCUT2D eigenvalue weighted by Gasteiger charge is 2.07. The molecule has 0 bridgehead atoms. The second-order valence-electron chi connectivity index (χ2n) is 3.67. The maximum Gasteiger partial charge on any atom is 0.213 e. The molecule has 96 valence electrons. The first-order valence-corrected chi connectivity index (χ1v) is 6.94. The Morgan fingerprint density at radius 3 is 2.72 bits per heavy atom. The maximum atomic E-state index is 5.90. The molecule has 7 heteroatoms. The van der Waals surface area contributed by atoms with E-state index in [-0.39, 0.29) is 0 Å². The van der Waals surface area contributed by atoms with Gasteiger partial charge in [-0.05, 0) is 20.1 Å². The van der Waals surface area contributed by atoms with Gasteiger partial charge in [-0.2, -0.15) is 0 Å². The Balaban J connectivity index is 2.07. The lowest BCUT2D eigenvalue weighted by atomic mass is 10.4. The van der Waals surface area contributed by atoms with E-state index >= 15 is 0 Å². The zero-order valence-corrected chi connectivity index (χ0v) is 11.9. The van der Waals surface area contributed by atoms with Crippen LogP contribution >= 0.6 is 23.4 Å². The molecular weight excluding hydrogens is 272 g/mol. The summed E-state index contributed by atoms with van der Waals surface area (Å²) in [5.41, 5.74) is 0.900. The van der Waals surface area contributed by atoms with Crippen LogP contribution in [0.4, 0.5) is 5.82 Å². The number of thioether (sulfide) groups is 1. The van der Waals surface area contributed by atoms with Gasteiger partial charge in [-0.25, -0.2) is 15.0 Å². The zero-order chi connectivity index (χ0) is 13.1. The molecule has 0 saturated carbocycles. The van der Waals surface area contributed by atoms with E-state index in [4.69, 9.17) is 16.0 Å². The van der Waals surface area contributed by atoms with Crippen LogP contribution in [0.15, 0.2) is 15.6 Å². The van der Waals surface area contributed by atoms with E-state index in [2.05, 4.69) is 20.3 Å². The van der Waals surface area contributed by atoms with Crippen LogP contribution in [0, 0.1) is 13.8 Å². The highest BCUT2D eigenvalue weighted by Crippen LogP contribution is 2.18. The minimum absolute atomic E-state index is 0.414. The van der Waals surface area contributed by atoms with Crippen LogP contribution in [0.5, 0.6) is 0 Å². The summed E-state index contributed by atoms with van der Waals surface area (Å²) in [4.78, 5) is 12.6. The maximum absolute atomic E-state index is 5.90. The Bertz CT molecular complexity index is 538. The fraction of sp³-hybridized carbons (Fsp3) is 0.364. The largest absolute Gasteiger partial charge is 0.444 e. The first kappa shape index (κ1) is 13.2. The number of aromatic nitrogens is 3. The smallest absolute Gasteiger partial charge is 0.213 e. The summed E-state index contributed by atoms with van der Waals surface area (Å²) in [6, 6.07) is 1.67. The summed E-state index contributed by atoms with van der Waals surface area (Å²) in [5.74, 6) is 2.12. The van der Waals surface area contributed by atoms with Crippen molar-refractivity contribution in [1.82, 2.24) is 15.0 Å². The van der Waals surface area contributed by atoms with Crippen molar-refractivity contribution in [2.45, 2.75) is 25.5 Å². The third kappa shape index (κ3) is 3.14. The number of hydrogen-bond acceptors (Lipinski definition) is 6. The molecule has 0 aliphatic carbocycles. The quantitative estimate of drug-likeness (QED) is 0.529. The summed E-state index contributed by atoms with van der Waals surface area (Å²) in [6.45, 7) is 4.27. The standard InChI is InChI=1S/C11H13ClN4OS/c1-6-7(2)17-10(14-6)5-13-9-4-8(12)15-11(16-9)18-3/h4H,5H2,1-3H3,(H,13,15,16). The van der Waals surface area contributed by atoms with E-state index in [0.717, 1.165) is 11.5 Å². The SMILES string of the molecule is CSc1nc(Cl)cc(NCc2nc(C)c(C)o2)n1. The molecule has 5 nitrogen and oxygen atoms in total. The van der Waals surface area contributed by atoms with E-state index < -0.39 is 0 Å². The van der Waals surface area contributed by atoms with Crippen molar-refractivity contribution in [2.75, 3.05) is 11.6 Å². The molecule has 2 aromatic heterocycles. The van der Waals surface area contributed by atoms with E-state index in [0.29, 0.717) is 28.6 Å². The average molecular weight is 285 g/mol. The van der Waals surface area contributed by atoms with Crippen LogP contribution < -0.4 is 5.32 Å². The molecule has 2 rings (SSSR count). The Kier molecular flexibility index (Phi) is 4.08. The van der Waals surface area contributed by atoms with Crippen LogP contribution in [0.1, 0.15) is 17.3 Å². The topological polar surface area (TPSA) is 63.8 Å². The molecule has 0 aliphatic heterocycles. The minimum Gasteiger partial charge on any atom is -0.444 e. The van der Waals surface area contributed by atoms with Gasteiger partial charge in [0.2, 0.25) is 5.89 Å². The van der Waals surface area contributed by atoms with E-state index in [1.165, 1.54) is 11.8 Å². The van der Waals surface area contributed by atoms with E-state index in [1.807, 2.05) is 20.1 Å². The summed E-state index contributed by atoms with van der Waals surface area (Å²) in [7, 11) is 0. The van der Waals surface area contributed by atoms with Gasteiger partial charge < -0.3 is 9.73 Å². The summed E-state index contributed by atoms with van der Waals surface area (Å²) >= 11 is 7.34. The lowest BCUT2D eigenvalue weighted by Crippen LogP contribution is -2.03. The summed E-state index contributed by atoms with van der Waals surface area (Å²) in [5, 5.41) is 4.15. The van der Waals surface area contributed by atoms with Crippen LogP contribution in [0.2, 0.25) is 5.15 Å². The Labute approximate surface area is 114 Å². The first-order chi connectivity index (χ1) is 8.58. The number of nitrogens with zero attached hydrogens (tertiary/aromatic N) is 3. The van der Waals surface area contributed by atoms with Crippen molar-refractivity contribution in [3.63, 3.8) is 0 Å². The highest BCUT2D eigenvalue weighted by atomic mass is 35.5.